The number of carbonyl (C=O) groups excluding carboxylic acids is 1. The highest BCUT2D eigenvalue weighted by Crippen LogP contribution is 2.24. The van der Waals surface area contributed by atoms with E-state index in [0.29, 0.717) is 10.6 Å². The molecule has 4 nitrogen and oxygen atoms in total. The van der Waals surface area contributed by atoms with Crippen molar-refractivity contribution < 1.29 is 4.79 Å². The Morgan fingerprint density at radius 3 is 2.36 bits per heavy atom. The van der Waals surface area contributed by atoms with Crippen molar-refractivity contribution in [3.63, 3.8) is 0 Å². The zero-order valence-electron chi connectivity index (χ0n) is 14.8. The monoisotopic (exact) mass is 357 g/mol. The highest BCUT2D eigenvalue weighted by molar-refractivity contribution is 6.30. The molecule has 5 heteroatoms. The van der Waals surface area contributed by atoms with Crippen LogP contribution in [0.15, 0.2) is 42.5 Å². The van der Waals surface area contributed by atoms with Crippen LogP contribution in [0.4, 0.5) is 11.4 Å². The Morgan fingerprint density at radius 2 is 1.76 bits per heavy atom. The van der Waals surface area contributed by atoms with Gasteiger partial charge in [-0.1, -0.05) is 18.5 Å². The van der Waals surface area contributed by atoms with E-state index in [4.69, 9.17) is 11.6 Å². The maximum Gasteiger partial charge on any atom is 0.255 e. The summed E-state index contributed by atoms with van der Waals surface area (Å²) >= 11 is 5.87. The van der Waals surface area contributed by atoms with Gasteiger partial charge in [0.25, 0.3) is 5.91 Å². The molecule has 1 aliphatic heterocycles. The van der Waals surface area contributed by atoms with Gasteiger partial charge < -0.3 is 15.1 Å². The van der Waals surface area contributed by atoms with E-state index >= 15 is 0 Å². The highest BCUT2D eigenvalue weighted by atomic mass is 35.5. The number of piperazine rings is 1. The first-order chi connectivity index (χ1) is 12.1. The van der Waals surface area contributed by atoms with Crippen LogP contribution in [0.5, 0.6) is 0 Å². The van der Waals surface area contributed by atoms with Crippen LogP contribution in [0.2, 0.25) is 5.02 Å². The molecule has 1 amide bonds. The van der Waals surface area contributed by atoms with Crippen LogP contribution in [0.25, 0.3) is 0 Å². The van der Waals surface area contributed by atoms with Gasteiger partial charge in [0.1, 0.15) is 0 Å². The Hall–Kier alpha value is -2.04. The average molecular weight is 358 g/mol. The summed E-state index contributed by atoms with van der Waals surface area (Å²) in [5, 5.41) is 3.61. The predicted octanol–water partition coefficient (Wildman–Crippen LogP) is 4.04. The minimum absolute atomic E-state index is 0.121. The summed E-state index contributed by atoms with van der Waals surface area (Å²) in [6.07, 6.45) is 0. The first-order valence-corrected chi connectivity index (χ1v) is 9.09. The molecule has 0 spiro atoms. The summed E-state index contributed by atoms with van der Waals surface area (Å²) in [7, 11) is 0. The molecule has 25 heavy (non-hydrogen) atoms. The number of aryl methyl sites for hydroxylation is 1. The van der Waals surface area contributed by atoms with Crippen LogP contribution in [0.1, 0.15) is 22.8 Å². The third-order valence-corrected chi connectivity index (χ3v) is 5.00. The normalized spacial score (nSPS) is 15.2. The Labute approximate surface area is 154 Å². The second-order valence-electron chi connectivity index (χ2n) is 6.38. The topological polar surface area (TPSA) is 35.6 Å². The Kier molecular flexibility index (Phi) is 5.61. The summed E-state index contributed by atoms with van der Waals surface area (Å²) in [5.41, 5.74) is 3.73. The molecule has 1 aliphatic rings. The largest absolute Gasteiger partial charge is 0.369 e. The molecule has 2 aromatic rings. The molecule has 1 N–H and O–H groups in total. The molecule has 1 saturated heterocycles. The summed E-state index contributed by atoms with van der Waals surface area (Å²) < 4.78 is 0. The van der Waals surface area contributed by atoms with Crippen LogP contribution in [-0.2, 0) is 0 Å². The zero-order chi connectivity index (χ0) is 17.8. The van der Waals surface area contributed by atoms with Crippen LogP contribution in [0.3, 0.4) is 0 Å². The van der Waals surface area contributed by atoms with Gasteiger partial charge in [0, 0.05) is 48.1 Å². The number of benzene rings is 2. The van der Waals surface area contributed by atoms with Crippen LogP contribution < -0.4 is 10.2 Å². The lowest BCUT2D eigenvalue weighted by Crippen LogP contribution is -2.46. The van der Waals surface area contributed by atoms with Crippen molar-refractivity contribution in [2.45, 2.75) is 13.8 Å². The van der Waals surface area contributed by atoms with Crippen LogP contribution in [-0.4, -0.2) is 43.5 Å². The molecule has 0 bridgehead atoms. The number of carbonyl (C=O) groups is 1. The lowest BCUT2D eigenvalue weighted by Gasteiger charge is -2.35. The van der Waals surface area contributed by atoms with E-state index in [1.54, 1.807) is 24.3 Å². The van der Waals surface area contributed by atoms with Crippen LogP contribution in [0, 0.1) is 6.92 Å². The molecule has 2 aromatic carbocycles. The fourth-order valence-corrected chi connectivity index (χ4v) is 3.23. The van der Waals surface area contributed by atoms with Gasteiger partial charge in [0.05, 0.1) is 0 Å². The molecule has 0 aliphatic carbocycles. The number of anilines is 2. The maximum absolute atomic E-state index is 12.4. The minimum Gasteiger partial charge on any atom is -0.369 e. The molecule has 0 aromatic heterocycles. The second-order valence-corrected chi connectivity index (χ2v) is 6.82. The van der Waals surface area contributed by atoms with E-state index in [1.165, 1.54) is 5.69 Å². The number of nitrogens with one attached hydrogen (secondary N) is 1. The predicted molar refractivity (Wildman–Crippen MR) is 105 cm³/mol. The lowest BCUT2D eigenvalue weighted by atomic mass is 10.1. The molecule has 0 atom stereocenters. The van der Waals surface area contributed by atoms with E-state index in [-0.39, 0.29) is 5.91 Å². The molecule has 0 radical (unpaired) electrons. The summed E-state index contributed by atoms with van der Waals surface area (Å²) in [6.45, 7) is 9.65. The van der Waals surface area contributed by atoms with Crippen molar-refractivity contribution >= 4 is 28.9 Å². The van der Waals surface area contributed by atoms with E-state index in [1.807, 2.05) is 13.0 Å². The van der Waals surface area contributed by atoms with Crippen molar-refractivity contribution in [3.8, 4) is 0 Å². The summed E-state index contributed by atoms with van der Waals surface area (Å²) in [4.78, 5) is 17.2. The molecule has 1 heterocycles. The van der Waals surface area contributed by atoms with Gasteiger partial charge in [0.15, 0.2) is 0 Å². The standard InChI is InChI=1S/C20H24ClN3O/c1-3-23-10-12-24(13-11-23)18-8-9-19(15(2)14-18)22-20(25)16-4-6-17(21)7-5-16/h4-9,14H,3,10-13H2,1-2H3,(H,22,25). The number of rotatable bonds is 4. The van der Waals surface area contributed by atoms with E-state index < -0.39 is 0 Å². The van der Waals surface area contributed by atoms with Crippen LogP contribution >= 0.6 is 11.6 Å². The Balaban J connectivity index is 1.68. The molecule has 1 fully saturated rings. The van der Waals surface area contributed by atoms with E-state index in [2.05, 4.69) is 34.2 Å². The second kappa shape index (κ2) is 7.89. The zero-order valence-corrected chi connectivity index (χ0v) is 15.5. The fraction of sp³-hybridized carbons (Fsp3) is 0.350. The first kappa shape index (κ1) is 17.8. The molecule has 3 rings (SSSR count). The Bertz CT molecular complexity index is 737. The first-order valence-electron chi connectivity index (χ1n) is 8.71. The van der Waals surface area contributed by atoms with Gasteiger partial charge >= 0.3 is 0 Å². The molecule has 0 saturated carbocycles. The molecular formula is C20H24ClN3O. The summed E-state index contributed by atoms with van der Waals surface area (Å²) in [6, 6.07) is 13.1. The van der Waals surface area contributed by atoms with Gasteiger partial charge in [-0.3, -0.25) is 4.79 Å². The number of halogens is 1. The number of nitrogens with zero attached hydrogens (tertiary/aromatic N) is 2. The molecule has 132 valence electrons. The lowest BCUT2D eigenvalue weighted by molar-refractivity contribution is 0.102. The third kappa shape index (κ3) is 4.33. The molecular weight excluding hydrogens is 334 g/mol. The smallest absolute Gasteiger partial charge is 0.255 e. The van der Waals surface area contributed by atoms with Crippen molar-refractivity contribution in [3.05, 3.63) is 58.6 Å². The van der Waals surface area contributed by atoms with E-state index in [0.717, 1.165) is 44.0 Å². The maximum atomic E-state index is 12.4. The highest BCUT2D eigenvalue weighted by Gasteiger charge is 2.16. The number of likely N-dealkylation sites (N-methyl/N-ethyl adjacent to an activating group) is 1. The third-order valence-electron chi connectivity index (χ3n) is 4.75. The van der Waals surface area contributed by atoms with E-state index in [9.17, 15) is 4.79 Å². The molecule has 0 unspecified atom stereocenters. The fourth-order valence-electron chi connectivity index (χ4n) is 3.10. The van der Waals surface area contributed by atoms with Crippen molar-refractivity contribution in [2.24, 2.45) is 0 Å². The van der Waals surface area contributed by atoms with Gasteiger partial charge in [-0.05, 0) is 61.5 Å². The quantitative estimate of drug-likeness (QED) is 0.896. The van der Waals surface area contributed by atoms with Crippen molar-refractivity contribution in [1.29, 1.82) is 0 Å². The van der Waals surface area contributed by atoms with Gasteiger partial charge in [-0.15, -0.1) is 0 Å². The van der Waals surface area contributed by atoms with Gasteiger partial charge in [0.2, 0.25) is 0 Å². The summed E-state index contributed by atoms with van der Waals surface area (Å²) in [5.74, 6) is -0.121. The van der Waals surface area contributed by atoms with Crippen molar-refractivity contribution in [1.82, 2.24) is 4.90 Å². The number of amides is 1. The number of hydrogen-bond acceptors (Lipinski definition) is 3. The number of hydrogen-bond donors (Lipinski definition) is 1. The average Bonchev–Trinajstić information content (AvgIpc) is 2.64. The van der Waals surface area contributed by atoms with Crippen molar-refractivity contribution in [2.75, 3.05) is 42.9 Å². The van der Waals surface area contributed by atoms with Gasteiger partial charge in [-0.25, -0.2) is 0 Å². The SMILES string of the molecule is CCN1CCN(c2ccc(NC(=O)c3ccc(Cl)cc3)c(C)c2)CC1. The Morgan fingerprint density at radius 1 is 1.08 bits per heavy atom. The minimum atomic E-state index is -0.121. The van der Waals surface area contributed by atoms with Gasteiger partial charge in [-0.2, -0.15) is 0 Å².